The number of aliphatic hydroxyl groups is 1. The highest BCUT2D eigenvalue weighted by Gasteiger charge is 2.47. The number of hydrogen-bond acceptors (Lipinski definition) is 4. The zero-order valence-electron chi connectivity index (χ0n) is 14.3. The van der Waals surface area contributed by atoms with E-state index in [1.165, 1.54) is 12.8 Å². The van der Waals surface area contributed by atoms with Crippen molar-refractivity contribution in [2.45, 2.75) is 30.9 Å². The first-order chi connectivity index (χ1) is 12.2. The molecule has 1 aromatic carbocycles. The Morgan fingerprint density at radius 1 is 1.12 bits per heavy atom. The lowest BCUT2D eigenvalue weighted by Gasteiger charge is -2.48. The summed E-state index contributed by atoms with van der Waals surface area (Å²) in [6.45, 7) is 3.17. The second-order valence-corrected chi connectivity index (χ2v) is 7.84. The van der Waals surface area contributed by atoms with Crippen LogP contribution in [0.25, 0.3) is 0 Å². The summed E-state index contributed by atoms with van der Waals surface area (Å²) in [5.74, 6) is 0.0839. The maximum absolute atomic E-state index is 12.8. The molecule has 2 aliphatic heterocycles. The Labute approximate surface area is 152 Å². The summed E-state index contributed by atoms with van der Waals surface area (Å²) in [6.07, 6.45) is 2.91. The highest BCUT2D eigenvalue weighted by molar-refractivity contribution is 7.08. The van der Waals surface area contributed by atoms with Crippen LogP contribution in [-0.2, 0) is 5.60 Å². The summed E-state index contributed by atoms with van der Waals surface area (Å²) in [4.78, 5) is 17.1. The van der Waals surface area contributed by atoms with Crippen molar-refractivity contribution < 1.29 is 9.90 Å². The Bertz CT molecular complexity index is 713. The van der Waals surface area contributed by atoms with E-state index >= 15 is 0 Å². The molecule has 1 aromatic heterocycles. The lowest BCUT2D eigenvalue weighted by Crippen LogP contribution is -2.61. The minimum absolute atomic E-state index is 0.0475. The van der Waals surface area contributed by atoms with Crippen LogP contribution in [0, 0.1) is 0 Å². The van der Waals surface area contributed by atoms with Gasteiger partial charge in [0.15, 0.2) is 0 Å². The average molecular weight is 356 g/mol. The van der Waals surface area contributed by atoms with Crippen molar-refractivity contribution in [3.8, 4) is 0 Å². The van der Waals surface area contributed by atoms with E-state index in [1.807, 2.05) is 52.1 Å². The van der Waals surface area contributed by atoms with E-state index in [0.29, 0.717) is 19.5 Å². The van der Waals surface area contributed by atoms with Gasteiger partial charge in [-0.1, -0.05) is 30.3 Å². The molecule has 0 radical (unpaired) electrons. The van der Waals surface area contributed by atoms with Gasteiger partial charge in [-0.2, -0.15) is 11.3 Å². The molecule has 0 spiro atoms. The van der Waals surface area contributed by atoms with Crippen molar-refractivity contribution in [3.63, 3.8) is 0 Å². The molecule has 4 nitrogen and oxygen atoms in total. The van der Waals surface area contributed by atoms with Gasteiger partial charge in [-0.15, -0.1) is 0 Å². The zero-order chi connectivity index (χ0) is 17.3. The Morgan fingerprint density at radius 3 is 2.56 bits per heavy atom. The van der Waals surface area contributed by atoms with Gasteiger partial charge in [0.1, 0.15) is 5.60 Å². The minimum Gasteiger partial charge on any atom is -0.383 e. The minimum atomic E-state index is -0.892. The smallest absolute Gasteiger partial charge is 0.254 e. The molecule has 2 aromatic rings. The lowest BCUT2D eigenvalue weighted by atomic mass is 9.79. The van der Waals surface area contributed by atoms with Crippen molar-refractivity contribution in [1.82, 2.24) is 9.80 Å². The number of carbonyl (C=O) groups is 1. The van der Waals surface area contributed by atoms with Gasteiger partial charge in [0.05, 0.1) is 11.6 Å². The Balaban J connectivity index is 1.62. The number of benzene rings is 1. The summed E-state index contributed by atoms with van der Waals surface area (Å²) in [6, 6.07) is 11.8. The van der Waals surface area contributed by atoms with Crippen molar-refractivity contribution in [3.05, 3.63) is 58.3 Å². The molecule has 2 fully saturated rings. The highest BCUT2D eigenvalue weighted by atomic mass is 32.1. The fourth-order valence-electron chi connectivity index (χ4n) is 4.21. The molecule has 1 amide bonds. The average Bonchev–Trinajstić information content (AvgIpc) is 3.36. The summed E-state index contributed by atoms with van der Waals surface area (Å²) in [7, 11) is 0. The Kier molecular flexibility index (Phi) is 4.63. The van der Waals surface area contributed by atoms with Crippen LogP contribution in [0.3, 0.4) is 0 Å². The molecule has 2 saturated heterocycles. The van der Waals surface area contributed by atoms with Crippen LogP contribution in [-0.4, -0.2) is 53.0 Å². The largest absolute Gasteiger partial charge is 0.383 e. The van der Waals surface area contributed by atoms with Gasteiger partial charge in [0, 0.05) is 18.5 Å². The van der Waals surface area contributed by atoms with Crippen LogP contribution in [0.5, 0.6) is 0 Å². The fraction of sp³-hybridized carbons (Fsp3) is 0.450. The number of thiophene rings is 1. The maximum Gasteiger partial charge on any atom is 0.254 e. The number of carbonyl (C=O) groups excluding carboxylic acids is 1. The van der Waals surface area contributed by atoms with Gasteiger partial charge in [0.25, 0.3) is 5.91 Å². The van der Waals surface area contributed by atoms with Crippen LogP contribution in [0.2, 0.25) is 0 Å². The second-order valence-electron chi connectivity index (χ2n) is 7.06. The third kappa shape index (κ3) is 3.12. The molecule has 2 atom stereocenters. The van der Waals surface area contributed by atoms with Crippen LogP contribution >= 0.6 is 11.3 Å². The van der Waals surface area contributed by atoms with Gasteiger partial charge in [-0.05, 0) is 49.4 Å². The molecule has 0 bridgehead atoms. The number of likely N-dealkylation sites (tertiary alicyclic amines) is 2. The van der Waals surface area contributed by atoms with Crippen molar-refractivity contribution in [2.24, 2.45) is 0 Å². The van der Waals surface area contributed by atoms with E-state index in [2.05, 4.69) is 4.90 Å². The van der Waals surface area contributed by atoms with Gasteiger partial charge in [-0.3, -0.25) is 9.69 Å². The second kappa shape index (κ2) is 6.90. The van der Waals surface area contributed by atoms with Gasteiger partial charge in [0.2, 0.25) is 0 Å². The first kappa shape index (κ1) is 16.8. The van der Waals surface area contributed by atoms with Crippen LogP contribution in [0.15, 0.2) is 47.2 Å². The number of amides is 1. The monoisotopic (exact) mass is 356 g/mol. The number of hydrogen-bond donors (Lipinski definition) is 1. The highest BCUT2D eigenvalue weighted by Crippen LogP contribution is 2.37. The first-order valence-electron chi connectivity index (χ1n) is 9.02. The SMILES string of the molecule is O=C(c1ccsc1)N1CCC(O)(c2ccccc2)[C@H](N2CCCC2)C1. The number of piperidine rings is 1. The van der Waals surface area contributed by atoms with E-state index in [4.69, 9.17) is 0 Å². The molecule has 1 unspecified atom stereocenters. The van der Waals surface area contributed by atoms with E-state index in [9.17, 15) is 9.90 Å². The predicted octanol–water partition coefficient (Wildman–Crippen LogP) is 2.95. The fourth-order valence-corrected chi connectivity index (χ4v) is 4.84. The van der Waals surface area contributed by atoms with Crippen LogP contribution < -0.4 is 0 Å². The topological polar surface area (TPSA) is 43.8 Å². The molecular weight excluding hydrogens is 332 g/mol. The summed E-state index contributed by atoms with van der Waals surface area (Å²) in [5.41, 5.74) is 0.835. The van der Waals surface area contributed by atoms with Crippen LogP contribution in [0.1, 0.15) is 35.2 Å². The van der Waals surface area contributed by atoms with Gasteiger partial charge >= 0.3 is 0 Å². The molecule has 2 aliphatic rings. The van der Waals surface area contributed by atoms with Crippen LogP contribution in [0.4, 0.5) is 0 Å². The third-order valence-corrected chi connectivity index (χ3v) is 6.30. The predicted molar refractivity (Wildman–Crippen MR) is 99.8 cm³/mol. The summed E-state index contributed by atoms with van der Waals surface area (Å²) < 4.78 is 0. The van der Waals surface area contributed by atoms with Crippen molar-refractivity contribution in [1.29, 1.82) is 0 Å². The lowest BCUT2D eigenvalue weighted by molar-refractivity contribution is -0.0877. The quantitative estimate of drug-likeness (QED) is 0.920. The standard InChI is InChI=1S/C20H24N2O2S/c23-19(16-8-13-25-15-16)22-12-9-20(24,17-6-2-1-3-7-17)18(14-22)21-10-4-5-11-21/h1-3,6-8,13,15,18,24H,4-5,9-12,14H2/t18-,20?/m1/s1. The molecule has 3 heterocycles. The molecule has 132 valence electrons. The van der Waals surface area contributed by atoms with E-state index in [1.54, 1.807) is 11.3 Å². The molecular formula is C20H24N2O2S. The summed E-state index contributed by atoms with van der Waals surface area (Å²) >= 11 is 1.55. The van der Waals surface area contributed by atoms with E-state index < -0.39 is 5.60 Å². The maximum atomic E-state index is 12.8. The molecule has 1 N–H and O–H groups in total. The molecule has 5 heteroatoms. The molecule has 4 rings (SSSR count). The summed E-state index contributed by atoms with van der Waals surface area (Å²) in [5, 5.41) is 15.5. The van der Waals surface area contributed by atoms with Crippen molar-refractivity contribution in [2.75, 3.05) is 26.2 Å². The molecule has 0 saturated carbocycles. The number of nitrogens with zero attached hydrogens (tertiary/aromatic N) is 2. The zero-order valence-corrected chi connectivity index (χ0v) is 15.1. The third-order valence-electron chi connectivity index (χ3n) is 5.62. The molecule has 0 aliphatic carbocycles. The molecule has 25 heavy (non-hydrogen) atoms. The van der Waals surface area contributed by atoms with Crippen molar-refractivity contribution >= 4 is 17.2 Å². The van der Waals surface area contributed by atoms with E-state index in [-0.39, 0.29) is 11.9 Å². The van der Waals surface area contributed by atoms with Gasteiger partial charge in [-0.25, -0.2) is 0 Å². The van der Waals surface area contributed by atoms with E-state index in [0.717, 1.165) is 24.2 Å². The van der Waals surface area contributed by atoms with Gasteiger partial charge < -0.3 is 10.0 Å². The number of rotatable bonds is 3. The Hall–Kier alpha value is -1.69. The normalized spacial score (nSPS) is 27.6. The Morgan fingerprint density at radius 2 is 1.88 bits per heavy atom. The first-order valence-corrected chi connectivity index (χ1v) is 9.96.